The van der Waals surface area contributed by atoms with Crippen LogP contribution in [-0.4, -0.2) is 37.5 Å². The average Bonchev–Trinajstić information content (AvgIpc) is 2.98. The molecule has 0 aliphatic rings. The van der Waals surface area contributed by atoms with E-state index in [1.54, 1.807) is 24.3 Å². The van der Waals surface area contributed by atoms with Gasteiger partial charge in [0.25, 0.3) is 5.91 Å². The van der Waals surface area contributed by atoms with Gasteiger partial charge in [-0.15, -0.1) is 0 Å². The zero-order valence-electron chi connectivity index (χ0n) is 21.3. The molecule has 4 rings (SSSR count). The highest BCUT2D eigenvalue weighted by atomic mass is 16.5. The second kappa shape index (κ2) is 13.6. The molecule has 8 nitrogen and oxygen atoms in total. The van der Waals surface area contributed by atoms with E-state index in [4.69, 9.17) is 14.2 Å². The molecule has 8 heteroatoms. The number of hydrogen-bond donors (Lipinski definition) is 2. The molecule has 0 saturated carbocycles. The number of carbonyl (C=O) groups excluding carboxylic acids is 3. The third kappa shape index (κ3) is 8.02. The van der Waals surface area contributed by atoms with Crippen molar-refractivity contribution in [1.82, 2.24) is 5.32 Å². The predicted molar refractivity (Wildman–Crippen MR) is 147 cm³/mol. The zero-order valence-corrected chi connectivity index (χ0v) is 21.3. The predicted octanol–water partition coefficient (Wildman–Crippen LogP) is 5.22. The van der Waals surface area contributed by atoms with Gasteiger partial charge in [-0.25, -0.2) is 4.79 Å². The number of esters is 1. The number of carbonyl (C=O) groups is 3. The summed E-state index contributed by atoms with van der Waals surface area (Å²) >= 11 is 0. The molecular formula is C31H28N2O6. The lowest BCUT2D eigenvalue weighted by atomic mass is 10.1. The van der Waals surface area contributed by atoms with E-state index in [1.807, 2.05) is 60.7 Å². The third-order valence-corrected chi connectivity index (χ3v) is 5.69. The van der Waals surface area contributed by atoms with Crippen LogP contribution < -0.4 is 15.4 Å². The number of nitrogens with one attached hydrogen (secondary N) is 2. The highest BCUT2D eigenvalue weighted by Crippen LogP contribution is 2.22. The fraction of sp³-hybridized carbons (Fsp3) is 0.129. The van der Waals surface area contributed by atoms with Crippen molar-refractivity contribution in [3.8, 4) is 11.5 Å². The van der Waals surface area contributed by atoms with E-state index in [0.29, 0.717) is 22.7 Å². The second-order valence-electron chi connectivity index (χ2n) is 8.52. The molecular weight excluding hydrogens is 496 g/mol. The quantitative estimate of drug-likeness (QED) is 0.261. The monoisotopic (exact) mass is 524 g/mol. The van der Waals surface area contributed by atoms with Crippen LogP contribution in [0.4, 0.5) is 5.69 Å². The first kappa shape index (κ1) is 27.1. The first-order valence-corrected chi connectivity index (χ1v) is 12.3. The minimum Gasteiger partial charge on any atom is -0.465 e. The largest absolute Gasteiger partial charge is 0.465 e. The molecule has 198 valence electrons. The van der Waals surface area contributed by atoms with E-state index in [1.165, 1.54) is 31.4 Å². The van der Waals surface area contributed by atoms with Crippen LogP contribution in [0.25, 0.3) is 0 Å². The van der Waals surface area contributed by atoms with Crippen LogP contribution in [0, 0.1) is 0 Å². The van der Waals surface area contributed by atoms with Crippen LogP contribution >= 0.6 is 0 Å². The summed E-state index contributed by atoms with van der Waals surface area (Å²) in [5.41, 5.74) is 2.07. The van der Waals surface area contributed by atoms with E-state index in [0.717, 1.165) is 5.56 Å². The number of ether oxygens (including phenoxy) is 3. The van der Waals surface area contributed by atoms with E-state index in [2.05, 4.69) is 10.6 Å². The van der Waals surface area contributed by atoms with Gasteiger partial charge in [-0.3, -0.25) is 9.59 Å². The number of para-hydroxylation sites is 1. The van der Waals surface area contributed by atoms with Crippen molar-refractivity contribution in [2.24, 2.45) is 0 Å². The third-order valence-electron chi connectivity index (χ3n) is 5.69. The molecule has 2 amide bonds. The SMILES string of the molecule is COC(=O)c1ccc(C(=O)NC(COCc2ccccc2)C(=O)Nc2ccc(Oc3ccccc3)cc2)cc1. The van der Waals surface area contributed by atoms with Gasteiger partial charge in [0, 0.05) is 11.3 Å². The van der Waals surface area contributed by atoms with E-state index >= 15 is 0 Å². The number of amides is 2. The molecule has 1 unspecified atom stereocenters. The Morgan fingerprint density at radius 2 is 1.31 bits per heavy atom. The Hall–Kier alpha value is -4.95. The molecule has 0 aliphatic heterocycles. The summed E-state index contributed by atoms with van der Waals surface area (Å²) in [6.07, 6.45) is 0. The molecule has 0 aromatic heterocycles. The lowest BCUT2D eigenvalue weighted by Gasteiger charge is -2.19. The molecule has 39 heavy (non-hydrogen) atoms. The van der Waals surface area contributed by atoms with Gasteiger partial charge >= 0.3 is 5.97 Å². The number of benzene rings is 4. The normalized spacial score (nSPS) is 11.2. The minimum atomic E-state index is -0.984. The maximum Gasteiger partial charge on any atom is 0.337 e. The molecule has 4 aromatic carbocycles. The smallest absolute Gasteiger partial charge is 0.337 e. The molecule has 1 atom stereocenters. The van der Waals surface area contributed by atoms with E-state index < -0.39 is 23.8 Å². The Balaban J connectivity index is 1.42. The lowest BCUT2D eigenvalue weighted by molar-refractivity contribution is -0.119. The number of rotatable bonds is 11. The topological polar surface area (TPSA) is 103 Å². The average molecular weight is 525 g/mol. The standard InChI is InChI=1S/C31H28N2O6/c1-37-31(36)24-14-12-23(13-15-24)29(34)33-28(21-38-20-22-8-4-2-5-9-22)30(35)32-25-16-18-27(19-17-25)39-26-10-6-3-7-11-26/h2-19,28H,20-21H2,1H3,(H,32,35)(H,33,34). The van der Waals surface area contributed by atoms with Crippen molar-refractivity contribution < 1.29 is 28.6 Å². The number of methoxy groups -OCH3 is 1. The van der Waals surface area contributed by atoms with Crippen LogP contribution in [-0.2, 0) is 20.9 Å². The molecule has 2 N–H and O–H groups in total. The summed E-state index contributed by atoms with van der Waals surface area (Å²) in [6.45, 7) is 0.224. The van der Waals surface area contributed by atoms with Gasteiger partial charge in [-0.05, 0) is 66.2 Å². The van der Waals surface area contributed by atoms with Gasteiger partial charge < -0.3 is 24.8 Å². The van der Waals surface area contributed by atoms with Crippen molar-refractivity contribution in [1.29, 1.82) is 0 Å². The maximum absolute atomic E-state index is 13.2. The highest BCUT2D eigenvalue weighted by Gasteiger charge is 2.22. The van der Waals surface area contributed by atoms with Gasteiger partial charge in [0.2, 0.25) is 5.91 Å². The Bertz CT molecular complexity index is 1370. The van der Waals surface area contributed by atoms with Crippen molar-refractivity contribution in [2.75, 3.05) is 19.0 Å². The molecule has 0 fully saturated rings. The lowest BCUT2D eigenvalue weighted by Crippen LogP contribution is -2.46. The van der Waals surface area contributed by atoms with Gasteiger partial charge in [-0.1, -0.05) is 48.5 Å². The van der Waals surface area contributed by atoms with Gasteiger partial charge in [-0.2, -0.15) is 0 Å². The van der Waals surface area contributed by atoms with Gasteiger partial charge in [0.05, 0.1) is 25.9 Å². The van der Waals surface area contributed by atoms with Crippen molar-refractivity contribution in [3.63, 3.8) is 0 Å². The molecule has 0 bridgehead atoms. The van der Waals surface area contributed by atoms with E-state index in [9.17, 15) is 14.4 Å². The molecule has 0 saturated heterocycles. The summed E-state index contributed by atoms with van der Waals surface area (Å²) in [4.78, 5) is 37.8. The molecule has 0 heterocycles. The summed E-state index contributed by atoms with van der Waals surface area (Å²) in [7, 11) is 1.28. The Morgan fingerprint density at radius 1 is 0.718 bits per heavy atom. The van der Waals surface area contributed by atoms with Crippen molar-refractivity contribution in [2.45, 2.75) is 12.6 Å². The first-order valence-electron chi connectivity index (χ1n) is 12.3. The first-order chi connectivity index (χ1) is 19.0. The second-order valence-corrected chi connectivity index (χ2v) is 8.52. The Morgan fingerprint density at radius 3 is 1.95 bits per heavy atom. The van der Waals surface area contributed by atoms with Crippen LogP contribution in [0.15, 0.2) is 109 Å². The molecule has 0 aliphatic carbocycles. The Kier molecular flexibility index (Phi) is 9.42. The zero-order chi connectivity index (χ0) is 27.5. The summed E-state index contributed by atoms with van der Waals surface area (Å²) in [5, 5.41) is 5.55. The Labute approximate surface area is 226 Å². The van der Waals surface area contributed by atoms with Crippen molar-refractivity contribution in [3.05, 3.63) is 126 Å². The molecule has 4 aromatic rings. The summed E-state index contributed by atoms with van der Waals surface area (Å²) in [5.74, 6) is -0.118. The van der Waals surface area contributed by atoms with Crippen LogP contribution in [0.5, 0.6) is 11.5 Å². The number of anilines is 1. The highest BCUT2D eigenvalue weighted by molar-refractivity contribution is 6.01. The van der Waals surface area contributed by atoms with E-state index in [-0.39, 0.29) is 18.8 Å². The van der Waals surface area contributed by atoms with Gasteiger partial charge in [0.1, 0.15) is 17.5 Å². The van der Waals surface area contributed by atoms with Crippen LogP contribution in [0.3, 0.4) is 0 Å². The maximum atomic E-state index is 13.2. The summed E-state index contributed by atoms with van der Waals surface area (Å²) < 4.78 is 16.3. The fourth-order valence-electron chi connectivity index (χ4n) is 3.63. The minimum absolute atomic E-state index is 0.0537. The molecule has 0 spiro atoms. The molecule has 0 radical (unpaired) electrons. The van der Waals surface area contributed by atoms with Crippen molar-refractivity contribution >= 4 is 23.5 Å². The summed E-state index contributed by atoms with van der Waals surface area (Å²) in [6, 6.07) is 30.8. The van der Waals surface area contributed by atoms with Crippen LogP contribution in [0.1, 0.15) is 26.3 Å². The van der Waals surface area contributed by atoms with Gasteiger partial charge in [0.15, 0.2) is 0 Å². The number of hydrogen-bond acceptors (Lipinski definition) is 6. The fourth-order valence-corrected chi connectivity index (χ4v) is 3.63. The van der Waals surface area contributed by atoms with Crippen LogP contribution in [0.2, 0.25) is 0 Å².